The Morgan fingerprint density at radius 3 is 2.07 bits per heavy atom. The summed E-state index contributed by atoms with van der Waals surface area (Å²) < 4.78 is 0. The SMILES string of the molecule is CCN(CC)C(=O)N1CCN(C(=O)c2ccc3nc(C)c(C)nc3c2)CC1. The molecule has 144 valence electrons. The Balaban J connectivity index is 1.70. The molecular formula is C20H27N5O2. The third kappa shape index (κ3) is 3.86. The van der Waals surface area contributed by atoms with Crippen LogP contribution in [-0.4, -0.2) is 75.9 Å². The van der Waals surface area contributed by atoms with Crippen LogP contribution < -0.4 is 0 Å². The van der Waals surface area contributed by atoms with Crippen molar-refractivity contribution >= 4 is 23.0 Å². The van der Waals surface area contributed by atoms with Crippen molar-refractivity contribution in [1.82, 2.24) is 24.7 Å². The minimum Gasteiger partial charge on any atom is -0.335 e. The molecule has 2 aromatic rings. The van der Waals surface area contributed by atoms with Crippen molar-refractivity contribution in [3.63, 3.8) is 0 Å². The van der Waals surface area contributed by atoms with Crippen LogP contribution in [0.5, 0.6) is 0 Å². The van der Waals surface area contributed by atoms with Gasteiger partial charge in [0.1, 0.15) is 0 Å². The van der Waals surface area contributed by atoms with Crippen molar-refractivity contribution in [3.8, 4) is 0 Å². The van der Waals surface area contributed by atoms with Gasteiger partial charge in [0.2, 0.25) is 0 Å². The highest BCUT2D eigenvalue weighted by molar-refractivity contribution is 5.97. The molecule has 1 saturated heterocycles. The Bertz CT molecular complexity index is 855. The predicted molar refractivity (Wildman–Crippen MR) is 105 cm³/mol. The van der Waals surface area contributed by atoms with Crippen LogP contribution in [0.2, 0.25) is 0 Å². The van der Waals surface area contributed by atoms with Crippen LogP contribution in [-0.2, 0) is 0 Å². The molecule has 0 spiro atoms. The standard InChI is InChI=1S/C20H27N5O2/c1-5-23(6-2)20(27)25-11-9-24(10-12-25)19(26)16-7-8-17-18(13-16)22-15(4)14(3)21-17/h7-8,13H,5-6,9-12H2,1-4H3. The number of amides is 3. The number of nitrogens with zero attached hydrogens (tertiary/aromatic N) is 5. The molecule has 27 heavy (non-hydrogen) atoms. The number of carbonyl (C=O) groups excluding carboxylic acids is 2. The number of benzene rings is 1. The van der Waals surface area contributed by atoms with E-state index in [1.807, 2.05) is 60.6 Å². The van der Waals surface area contributed by atoms with Crippen molar-refractivity contribution in [2.75, 3.05) is 39.3 Å². The summed E-state index contributed by atoms with van der Waals surface area (Å²) in [6, 6.07) is 5.52. The summed E-state index contributed by atoms with van der Waals surface area (Å²) in [7, 11) is 0. The molecule has 1 aromatic carbocycles. The molecule has 0 N–H and O–H groups in total. The molecule has 0 aliphatic carbocycles. The smallest absolute Gasteiger partial charge is 0.320 e. The number of piperazine rings is 1. The second-order valence-corrected chi connectivity index (χ2v) is 6.83. The van der Waals surface area contributed by atoms with Gasteiger partial charge in [0.15, 0.2) is 0 Å². The van der Waals surface area contributed by atoms with Gasteiger partial charge in [0.05, 0.1) is 22.4 Å². The third-order valence-electron chi connectivity index (χ3n) is 5.19. The molecule has 0 radical (unpaired) electrons. The minimum absolute atomic E-state index is 0.0214. The molecule has 1 aromatic heterocycles. The number of hydrogen-bond acceptors (Lipinski definition) is 4. The van der Waals surface area contributed by atoms with E-state index in [0.29, 0.717) is 44.8 Å². The van der Waals surface area contributed by atoms with Crippen molar-refractivity contribution < 1.29 is 9.59 Å². The molecule has 3 amide bonds. The average molecular weight is 369 g/mol. The summed E-state index contributed by atoms with van der Waals surface area (Å²) in [6.07, 6.45) is 0. The van der Waals surface area contributed by atoms with E-state index in [2.05, 4.69) is 9.97 Å². The van der Waals surface area contributed by atoms with Gasteiger partial charge in [-0.25, -0.2) is 14.8 Å². The van der Waals surface area contributed by atoms with E-state index in [1.54, 1.807) is 0 Å². The van der Waals surface area contributed by atoms with Crippen molar-refractivity contribution in [2.24, 2.45) is 0 Å². The van der Waals surface area contributed by atoms with Crippen molar-refractivity contribution in [1.29, 1.82) is 0 Å². The normalized spacial score (nSPS) is 14.5. The first kappa shape index (κ1) is 19.1. The number of fused-ring (bicyclic) bond motifs is 1. The van der Waals surface area contributed by atoms with Crippen molar-refractivity contribution in [2.45, 2.75) is 27.7 Å². The lowest BCUT2D eigenvalue weighted by Gasteiger charge is -2.37. The van der Waals surface area contributed by atoms with Gasteiger partial charge >= 0.3 is 6.03 Å². The van der Waals surface area contributed by atoms with E-state index in [1.165, 1.54) is 0 Å². The molecule has 1 aliphatic heterocycles. The highest BCUT2D eigenvalue weighted by atomic mass is 16.2. The van der Waals surface area contributed by atoms with Gasteiger partial charge in [-0.05, 0) is 45.9 Å². The van der Waals surface area contributed by atoms with Gasteiger partial charge < -0.3 is 14.7 Å². The Hall–Kier alpha value is -2.70. The van der Waals surface area contributed by atoms with Crippen LogP contribution in [0.15, 0.2) is 18.2 Å². The van der Waals surface area contributed by atoms with Crippen LogP contribution in [0, 0.1) is 13.8 Å². The van der Waals surface area contributed by atoms with Gasteiger partial charge in [-0.15, -0.1) is 0 Å². The zero-order chi connectivity index (χ0) is 19.6. The van der Waals surface area contributed by atoms with Crippen LogP contribution in [0.3, 0.4) is 0 Å². The van der Waals surface area contributed by atoms with E-state index in [-0.39, 0.29) is 11.9 Å². The lowest BCUT2D eigenvalue weighted by Crippen LogP contribution is -2.54. The molecule has 1 fully saturated rings. The fourth-order valence-electron chi connectivity index (χ4n) is 3.34. The monoisotopic (exact) mass is 369 g/mol. The number of aromatic nitrogens is 2. The van der Waals surface area contributed by atoms with Crippen molar-refractivity contribution in [3.05, 3.63) is 35.2 Å². The Labute approximate surface area is 160 Å². The number of hydrogen-bond donors (Lipinski definition) is 0. The van der Waals surface area contributed by atoms with Gasteiger partial charge in [-0.1, -0.05) is 0 Å². The lowest BCUT2D eigenvalue weighted by molar-refractivity contribution is 0.0641. The number of aryl methyl sites for hydroxylation is 2. The fraction of sp³-hybridized carbons (Fsp3) is 0.500. The predicted octanol–water partition coefficient (Wildman–Crippen LogP) is 2.47. The topological polar surface area (TPSA) is 69.6 Å². The third-order valence-corrected chi connectivity index (χ3v) is 5.19. The summed E-state index contributed by atoms with van der Waals surface area (Å²) in [4.78, 5) is 39.8. The summed E-state index contributed by atoms with van der Waals surface area (Å²) >= 11 is 0. The second-order valence-electron chi connectivity index (χ2n) is 6.83. The molecular weight excluding hydrogens is 342 g/mol. The first-order chi connectivity index (χ1) is 12.9. The molecule has 2 heterocycles. The minimum atomic E-state index is -0.0214. The molecule has 0 unspecified atom stereocenters. The second kappa shape index (κ2) is 7.90. The molecule has 7 heteroatoms. The molecule has 0 bridgehead atoms. The average Bonchev–Trinajstić information content (AvgIpc) is 2.69. The Morgan fingerprint density at radius 1 is 0.926 bits per heavy atom. The van der Waals surface area contributed by atoms with Gasteiger partial charge in [0.25, 0.3) is 5.91 Å². The largest absolute Gasteiger partial charge is 0.335 e. The van der Waals surface area contributed by atoms with Crippen LogP contribution in [0.1, 0.15) is 35.6 Å². The maximum atomic E-state index is 12.9. The van der Waals surface area contributed by atoms with E-state index in [9.17, 15) is 9.59 Å². The van der Waals surface area contributed by atoms with E-state index in [0.717, 1.165) is 22.4 Å². The highest BCUT2D eigenvalue weighted by Crippen LogP contribution is 2.17. The maximum absolute atomic E-state index is 12.9. The van der Waals surface area contributed by atoms with E-state index >= 15 is 0 Å². The highest BCUT2D eigenvalue weighted by Gasteiger charge is 2.26. The maximum Gasteiger partial charge on any atom is 0.320 e. The number of urea groups is 1. The fourth-order valence-corrected chi connectivity index (χ4v) is 3.34. The zero-order valence-corrected chi connectivity index (χ0v) is 16.5. The zero-order valence-electron chi connectivity index (χ0n) is 16.5. The van der Waals surface area contributed by atoms with Crippen LogP contribution >= 0.6 is 0 Å². The Kier molecular flexibility index (Phi) is 5.58. The number of rotatable bonds is 3. The Morgan fingerprint density at radius 2 is 1.48 bits per heavy atom. The first-order valence-corrected chi connectivity index (χ1v) is 9.52. The summed E-state index contributed by atoms with van der Waals surface area (Å²) in [5.74, 6) is -0.0214. The van der Waals surface area contributed by atoms with Gasteiger partial charge in [0, 0.05) is 44.8 Å². The molecule has 1 aliphatic rings. The van der Waals surface area contributed by atoms with Gasteiger partial charge in [-0.3, -0.25) is 4.79 Å². The summed E-state index contributed by atoms with van der Waals surface area (Å²) in [6.45, 7) is 11.4. The van der Waals surface area contributed by atoms with E-state index < -0.39 is 0 Å². The summed E-state index contributed by atoms with van der Waals surface area (Å²) in [5, 5.41) is 0. The van der Waals surface area contributed by atoms with Crippen LogP contribution in [0.4, 0.5) is 4.79 Å². The molecule has 3 rings (SSSR count). The quantitative estimate of drug-likeness (QED) is 0.833. The number of carbonyl (C=O) groups is 2. The molecule has 0 saturated carbocycles. The van der Waals surface area contributed by atoms with E-state index in [4.69, 9.17) is 0 Å². The van der Waals surface area contributed by atoms with Crippen LogP contribution in [0.25, 0.3) is 11.0 Å². The first-order valence-electron chi connectivity index (χ1n) is 9.52. The van der Waals surface area contributed by atoms with Gasteiger partial charge in [-0.2, -0.15) is 0 Å². The molecule has 7 nitrogen and oxygen atoms in total. The molecule has 0 atom stereocenters. The summed E-state index contributed by atoms with van der Waals surface area (Å²) in [5.41, 5.74) is 3.92. The lowest BCUT2D eigenvalue weighted by atomic mass is 10.1.